The highest BCUT2D eigenvalue weighted by molar-refractivity contribution is 6.07. The van der Waals surface area contributed by atoms with Crippen LogP contribution >= 0.6 is 0 Å². The summed E-state index contributed by atoms with van der Waals surface area (Å²) in [7, 11) is 0. The molecule has 1 aliphatic carbocycles. The Bertz CT molecular complexity index is 1200. The SMILES string of the molecule is C[C@]1(c2cccc(NC(=O)c3cc(C4CC4)nn3-c3ccccc3)c2)NC(=O)NC1=O. The molecule has 156 valence electrons. The standard InChI is InChI=1S/C23H21N5O3/c1-23(21(30)25-22(31)26-23)15-6-5-7-16(12-15)24-20(29)19-13-18(14-10-11-14)27-28(19)17-8-3-2-4-9-17/h2-9,12-14H,10-11H2,1H3,(H,24,29)(H2,25,26,30,31)/t23-/m1/s1. The first-order valence-electron chi connectivity index (χ1n) is 10.1. The van der Waals surface area contributed by atoms with Crippen LogP contribution in [0.25, 0.3) is 5.69 Å². The number of amides is 4. The van der Waals surface area contributed by atoms with Gasteiger partial charge in [-0.3, -0.25) is 14.9 Å². The molecular weight excluding hydrogens is 394 g/mol. The Kier molecular flexibility index (Phi) is 4.35. The number of carbonyl (C=O) groups excluding carboxylic acids is 3. The zero-order valence-corrected chi connectivity index (χ0v) is 16.9. The quantitative estimate of drug-likeness (QED) is 0.557. The van der Waals surface area contributed by atoms with Crippen LogP contribution < -0.4 is 16.0 Å². The minimum atomic E-state index is -1.19. The third-order valence-electron chi connectivity index (χ3n) is 5.70. The number of aromatic nitrogens is 2. The third-order valence-corrected chi connectivity index (χ3v) is 5.70. The summed E-state index contributed by atoms with van der Waals surface area (Å²) in [4.78, 5) is 37.0. The summed E-state index contributed by atoms with van der Waals surface area (Å²) in [5, 5.41) is 12.5. The average molecular weight is 415 g/mol. The Labute approximate surface area is 178 Å². The molecular formula is C23H21N5O3. The molecule has 2 fully saturated rings. The molecule has 5 rings (SSSR count). The molecule has 8 heteroatoms. The lowest BCUT2D eigenvalue weighted by Crippen LogP contribution is -2.40. The van der Waals surface area contributed by atoms with Crippen molar-refractivity contribution in [1.29, 1.82) is 0 Å². The molecule has 3 aromatic rings. The Hall–Kier alpha value is -3.94. The largest absolute Gasteiger partial charge is 0.322 e. The molecule has 0 radical (unpaired) electrons. The molecule has 4 amide bonds. The fraction of sp³-hybridized carbons (Fsp3) is 0.217. The van der Waals surface area contributed by atoms with Gasteiger partial charge in [0.2, 0.25) is 0 Å². The minimum absolute atomic E-state index is 0.300. The second kappa shape index (κ2) is 7.09. The lowest BCUT2D eigenvalue weighted by molar-refractivity contribution is -0.123. The van der Waals surface area contributed by atoms with E-state index in [0.717, 1.165) is 24.2 Å². The molecule has 31 heavy (non-hydrogen) atoms. The van der Waals surface area contributed by atoms with Crippen LogP contribution in [0.4, 0.5) is 10.5 Å². The van der Waals surface area contributed by atoms with Crippen LogP contribution in [0.3, 0.4) is 0 Å². The summed E-state index contributed by atoms with van der Waals surface area (Å²) in [5.74, 6) is -0.327. The van der Waals surface area contributed by atoms with E-state index in [1.54, 1.807) is 35.9 Å². The minimum Gasteiger partial charge on any atom is -0.321 e. The highest BCUT2D eigenvalue weighted by Crippen LogP contribution is 2.39. The Morgan fingerprint density at radius 3 is 2.55 bits per heavy atom. The summed E-state index contributed by atoms with van der Waals surface area (Å²) in [5.41, 5.74) is 2.07. The molecule has 8 nitrogen and oxygen atoms in total. The number of imide groups is 1. The number of carbonyl (C=O) groups is 3. The second-order valence-electron chi connectivity index (χ2n) is 8.04. The van der Waals surface area contributed by atoms with Crippen molar-refractivity contribution in [3.8, 4) is 5.69 Å². The fourth-order valence-electron chi connectivity index (χ4n) is 3.76. The average Bonchev–Trinajstić information content (AvgIpc) is 3.45. The number of nitrogens with one attached hydrogen (secondary N) is 3. The molecule has 0 bridgehead atoms. The van der Waals surface area contributed by atoms with Crippen LogP contribution in [0, 0.1) is 0 Å². The van der Waals surface area contributed by atoms with E-state index in [4.69, 9.17) is 0 Å². The smallest absolute Gasteiger partial charge is 0.321 e. The number of rotatable bonds is 5. The maximum atomic E-state index is 13.2. The lowest BCUT2D eigenvalue weighted by Gasteiger charge is -2.21. The predicted molar refractivity (Wildman–Crippen MR) is 114 cm³/mol. The van der Waals surface area contributed by atoms with Gasteiger partial charge in [0, 0.05) is 11.6 Å². The molecule has 1 saturated carbocycles. The van der Waals surface area contributed by atoms with Crippen LogP contribution in [-0.4, -0.2) is 27.6 Å². The van der Waals surface area contributed by atoms with E-state index < -0.39 is 17.5 Å². The van der Waals surface area contributed by atoms with Crippen LogP contribution in [-0.2, 0) is 10.3 Å². The fourth-order valence-corrected chi connectivity index (χ4v) is 3.76. The first-order chi connectivity index (χ1) is 14.9. The van der Waals surface area contributed by atoms with Gasteiger partial charge in [-0.2, -0.15) is 5.10 Å². The number of benzene rings is 2. The maximum absolute atomic E-state index is 13.2. The van der Waals surface area contributed by atoms with Crippen molar-refractivity contribution < 1.29 is 14.4 Å². The molecule has 2 aliphatic rings. The second-order valence-corrected chi connectivity index (χ2v) is 8.04. The highest BCUT2D eigenvalue weighted by atomic mass is 16.2. The maximum Gasteiger partial charge on any atom is 0.322 e. The van der Waals surface area contributed by atoms with E-state index in [1.165, 1.54) is 0 Å². The van der Waals surface area contributed by atoms with Gasteiger partial charge in [0.25, 0.3) is 11.8 Å². The van der Waals surface area contributed by atoms with Crippen molar-refractivity contribution in [3.05, 3.63) is 77.6 Å². The van der Waals surface area contributed by atoms with E-state index >= 15 is 0 Å². The zero-order valence-electron chi connectivity index (χ0n) is 16.9. The van der Waals surface area contributed by atoms with Gasteiger partial charge in [-0.15, -0.1) is 0 Å². The topological polar surface area (TPSA) is 105 Å². The summed E-state index contributed by atoms with van der Waals surface area (Å²) in [6.07, 6.45) is 2.17. The van der Waals surface area contributed by atoms with E-state index in [-0.39, 0.29) is 5.91 Å². The normalized spacial score (nSPS) is 20.3. The summed E-state index contributed by atoms with van der Waals surface area (Å²) < 4.78 is 1.67. The molecule has 2 heterocycles. The molecule has 3 N–H and O–H groups in total. The van der Waals surface area contributed by atoms with Crippen molar-refractivity contribution >= 4 is 23.5 Å². The van der Waals surface area contributed by atoms with Gasteiger partial charge in [-0.05, 0) is 55.7 Å². The van der Waals surface area contributed by atoms with Crippen LogP contribution in [0.15, 0.2) is 60.7 Å². The molecule has 1 atom stereocenters. The molecule has 0 unspecified atom stereocenters. The van der Waals surface area contributed by atoms with Gasteiger partial charge in [0.15, 0.2) is 0 Å². The summed E-state index contributed by atoms with van der Waals surface area (Å²) in [6.45, 7) is 1.63. The molecule has 1 saturated heterocycles. The van der Waals surface area contributed by atoms with E-state index in [9.17, 15) is 14.4 Å². The van der Waals surface area contributed by atoms with E-state index in [1.807, 2.05) is 36.4 Å². The van der Waals surface area contributed by atoms with Gasteiger partial charge < -0.3 is 10.6 Å². The molecule has 2 aromatic carbocycles. The first kappa shape index (κ1) is 19.0. The van der Waals surface area contributed by atoms with Crippen molar-refractivity contribution in [2.75, 3.05) is 5.32 Å². The number of urea groups is 1. The van der Waals surface area contributed by atoms with E-state index in [0.29, 0.717) is 22.9 Å². The lowest BCUT2D eigenvalue weighted by atomic mass is 9.92. The van der Waals surface area contributed by atoms with Crippen molar-refractivity contribution in [2.24, 2.45) is 0 Å². The van der Waals surface area contributed by atoms with Gasteiger partial charge in [0.05, 0.1) is 11.4 Å². The number of para-hydroxylation sites is 1. The van der Waals surface area contributed by atoms with Crippen LogP contribution in [0.5, 0.6) is 0 Å². The monoisotopic (exact) mass is 415 g/mol. The van der Waals surface area contributed by atoms with Gasteiger partial charge in [0.1, 0.15) is 11.2 Å². The molecule has 0 spiro atoms. The number of anilines is 1. The van der Waals surface area contributed by atoms with Crippen LogP contribution in [0.2, 0.25) is 0 Å². The summed E-state index contributed by atoms with van der Waals surface area (Å²) in [6, 6.07) is 17.7. The Morgan fingerprint density at radius 2 is 1.87 bits per heavy atom. The number of hydrogen-bond acceptors (Lipinski definition) is 4. The molecule has 1 aliphatic heterocycles. The van der Waals surface area contributed by atoms with Gasteiger partial charge in [-0.1, -0.05) is 30.3 Å². The predicted octanol–water partition coefficient (Wildman–Crippen LogP) is 3.06. The zero-order chi connectivity index (χ0) is 21.6. The number of nitrogens with zero attached hydrogens (tertiary/aromatic N) is 2. The third kappa shape index (κ3) is 3.46. The van der Waals surface area contributed by atoms with Crippen LogP contribution in [0.1, 0.15) is 47.4 Å². The Balaban J connectivity index is 1.45. The molecule has 1 aromatic heterocycles. The van der Waals surface area contributed by atoms with Crippen molar-refractivity contribution in [2.45, 2.75) is 31.2 Å². The first-order valence-corrected chi connectivity index (χ1v) is 10.1. The summed E-state index contributed by atoms with van der Waals surface area (Å²) >= 11 is 0. The van der Waals surface area contributed by atoms with Gasteiger partial charge >= 0.3 is 6.03 Å². The van der Waals surface area contributed by atoms with Crippen molar-refractivity contribution in [1.82, 2.24) is 20.4 Å². The van der Waals surface area contributed by atoms with Crippen molar-refractivity contribution in [3.63, 3.8) is 0 Å². The van der Waals surface area contributed by atoms with E-state index in [2.05, 4.69) is 21.0 Å². The van der Waals surface area contributed by atoms with Gasteiger partial charge in [-0.25, -0.2) is 9.48 Å². The Morgan fingerprint density at radius 1 is 1.10 bits per heavy atom. The highest BCUT2D eigenvalue weighted by Gasteiger charge is 2.43. The number of hydrogen-bond donors (Lipinski definition) is 3.